The van der Waals surface area contributed by atoms with E-state index < -0.39 is 0 Å². The zero-order valence-corrected chi connectivity index (χ0v) is 20.3. The number of amides is 1. The minimum atomic E-state index is 0.217. The molecule has 0 spiro atoms. The normalized spacial score (nSPS) is 22.0. The molecule has 3 aromatic rings. The predicted molar refractivity (Wildman–Crippen MR) is 136 cm³/mol. The third-order valence-electron chi connectivity index (χ3n) is 8.31. The van der Waals surface area contributed by atoms with E-state index in [4.69, 9.17) is 4.98 Å². The van der Waals surface area contributed by atoms with Crippen molar-refractivity contribution in [3.8, 4) is 17.2 Å². The Hall–Kier alpha value is -3.66. The Bertz CT molecular complexity index is 1420. The molecule has 2 aromatic heterocycles. The number of hydrogen-bond donors (Lipinski definition) is 0. The summed E-state index contributed by atoms with van der Waals surface area (Å²) in [4.78, 5) is 22.5. The molecule has 36 heavy (non-hydrogen) atoms. The second-order valence-electron chi connectivity index (χ2n) is 10.9. The van der Waals surface area contributed by atoms with Crippen LogP contribution in [-0.4, -0.2) is 41.5 Å². The third-order valence-corrected chi connectivity index (χ3v) is 8.31. The molecule has 3 aliphatic carbocycles. The molecule has 4 fully saturated rings. The zero-order valence-electron chi connectivity index (χ0n) is 20.3. The molecule has 182 valence electrons. The number of carbonyl (C=O) groups excluding carboxylic acids is 1. The van der Waals surface area contributed by atoms with Crippen LogP contribution in [0.3, 0.4) is 0 Å². The van der Waals surface area contributed by atoms with E-state index in [-0.39, 0.29) is 12.0 Å². The molecule has 1 aliphatic heterocycles. The largest absolute Gasteiger partial charge is 0.618 e. The van der Waals surface area contributed by atoms with Crippen molar-refractivity contribution in [2.75, 3.05) is 24.5 Å². The van der Waals surface area contributed by atoms with Crippen LogP contribution in [-0.2, 0) is 4.79 Å². The summed E-state index contributed by atoms with van der Waals surface area (Å²) in [6, 6.07) is 14.1. The molecule has 1 amide bonds. The van der Waals surface area contributed by atoms with Gasteiger partial charge in [0, 0.05) is 54.7 Å². The smallest absolute Gasteiger partial charge is 0.226 e. The number of hydrogen-bond acceptors (Lipinski definition) is 5. The van der Waals surface area contributed by atoms with Crippen LogP contribution in [0.25, 0.3) is 22.0 Å². The lowest BCUT2D eigenvalue weighted by Gasteiger charge is -2.43. The fourth-order valence-corrected chi connectivity index (χ4v) is 5.89. The molecule has 7 heteroatoms. The van der Waals surface area contributed by atoms with Gasteiger partial charge in [0.2, 0.25) is 11.4 Å². The highest BCUT2D eigenvalue weighted by atomic mass is 16.5. The van der Waals surface area contributed by atoms with Gasteiger partial charge >= 0.3 is 0 Å². The third kappa shape index (κ3) is 3.67. The van der Waals surface area contributed by atoms with Crippen LogP contribution in [0, 0.1) is 28.4 Å². The summed E-state index contributed by atoms with van der Waals surface area (Å²) in [5.74, 6) is 2.27. The van der Waals surface area contributed by atoms with Gasteiger partial charge in [0.25, 0.3) is 0 Å². The average molecular weight is 480 g/mol. The van der Waals surface area contributed by atoms with Crippen molar-refractivity contribution in [3.63, 3.8) is 0 Å². The second kappa shape index (κ2) is 8.19. The van der Waals surface area contributed by atoms with Gasteiger partial charge in [0.15, 0.2) is 6.20 Å². The number of benzene rings is 1. The summed E-state index contributed by atoms with van der Waals surface area (Å²) in [6.07, 6.45) is 8.15. The highest BCUT2D eigenvalue weighted by Crippen LogP contribution is 2.46. The number of carbonyl (C=O) groups is 1. The van der Waals surface area contributed by atoms with Crippen LogP contribution < -0.4 is 9.63 Å². The van der Waals surface area contributed by atoms with Gasteiger partial charge in [-0.2, -0.15) is 9.99 Å². The van der Waals surface area contributed by atoms with Crippen LogP contribution >= 0.6 is 0 Å². The van der Waals surface area contributed by atoms with E-state index in [0.29, 0.717) is 41.9 Å². The number of rotatable bonds is 5. The lowest BCUT2D eigenvalue weighted by molar-refractivity contribution is -0.576. The molecule has 0 unspecified atom stereocenters. The summed E-state index contributed by atoms with van der Waals surface area (Å²) in [5, 5.41) is 23.5. The highest BCUT2D eigenvalue weighted by molar-refractivity contribution is 5.94. The maximum atomic E-state index is 13.0. The lowest BCUT2D eigenvalue weighted by Crippen LogP contribution is -2.57. The summed E-state index contributed by atoms with van der Waals surface area (Å²) >= 11 is 0. The quantitative estimate of drug-likeness (QED) is 0.406. The molecule has 3 saturated carbocycles. The summed E-state index contributed by atoms with van der Waals surface area (Å²) in [6.45, 7) is 2.16. The molecule has 3 heterocycles. The topological polar surface area (TPSA) is 87.2 Å². The monoisotopic (exact) mass is 479 g/mol. The Balaban J connectivity index is 1.29. The summed E-state index contributed by atoms with van der Waals surface area (Å²) in [7, 11) is 0. The standard InChI is InChI=1S/C29H29N5O2/c30-16-21-15-24(22-11-12-34(36)25-4-2-1-3-23(22)25)27(19-7-8-19)31-28(21)32-13-14-33(29(35)20-9-10-20)26(17-32)18-5-6-18/h1-4,11-12,15,18-20,26H,5-10,13-14,17H2/t26-/m0/s1. The van der Waals surface area contributed by atoms with Gasteiger partial charge in [-0.05, 0) is 56.6 Å². The van der Waals surface area contributed by atoms with Gasteiger partial charge < -0.3 is 15.0 Å². The highest BCUT2D eigenvalue weighted by Gasteiger charge is 2.45. The van der Waals surface area contributed by atoms with Gasteiger partial charge in [0.05, 0.1) is 22.7 Å². The van der Waals surface area contributed by atoms with Crippen molar-refractivity contribution in [1.29, 1.82) is 5.26 Å². The average Bonchev–Trinajstić information content (AvgIpc) is 3.77. The fourth-order valence-electron chi connectivity index (χ4n) is 5.89. The Morgan fingerprint density at radius 2 is 1.86 bits per heavy atom. The van der Waals surface area contributed by atoms with Crippen molar-refractivity contribution in [2.24, 2.45) is 11.8 Å². The van der Waals surface area contributed by atoms with Crippen molar-refractivity contribution in [1.82, 2.24) is 9.88 Å². The van der Waals surface area contributed by atoms with E-state index in [1.54, 1.807) is 6.20 Å². The maximum absolute atomic E-state index is 13.0. The van der Waals surface area contributed by atoms with Crippen LogP contribution in [0.2, 0.25) is 0 Å². The van der Waals surface area contributed by atoms with Gasteiger partial charge in [-0.1, -0.05) is 12.1 Å². The van der Waals surface area contributed by atoms with Gasteiger partial charge in [-0.3, -0.25) is 4.79 Å². The number of aromatic nitrogens is 2. The van der Waals surface area contributed by atoms with E-state index in [2.05, 4.69) is 15.9 Å². The summed E-state index contributed by atoms with van der Waals surface area (Å²) in [5.41, 5.74) is 4.11. The molecule has 7 nitrogen and oxygen atoms in total. The minimum Gasteiger partial charge on any atom is -0.618 e. The van der Waals surface area contributed by atoms with Crippen LogP contribution in [0.5, 0.6) is 0 Å². The molecule has 4 aliphatic rings. The van der Waals surface area contributed by atoms with E-state index in [1.807, 2.05) is 36.4 Å². The molecule has 7 rings (SSSR count). The van der Waals surface area contributed by atoms with Crippen LogP contribution in [0.15, 0.2) is 42.6 Å². The fraction of sp³-hybridized carbons (Fsp3) is 0.448. The van der Waals surface area contributed by atoms with E-state index in [1.165, 1.54) is 12.8 Å². The Morgan fingerprint density at radius 3 is 2.58 bits per heavy atom. The second-order valence-corrected chi connectivity index (χ2v) is 10.9. The number of anilines is 1. The van der Waals surface area contributed by atoms with E-state index in [9.17, 15) is 15.3 Å². The lowest BCUT2D eigenvalue weighted by atomic mass is 9.96. The number of fused-ring (bicyclic) bond motifs is 1. The van der Waals surface area contributed by atoms with Crippen molar-refractivity contribution < 1.29 is 9.52 Å². The number of para-hydroxylation sites is 1. The Morgan fingerprint density at radius 1 is 1.06 bits per heavy atom. The van der Waals surface area contributed by atoms with Crippen LogP contribution in [0.4, 0.5) is 5.82 Å². The predicted octanol–water partition coefficient (Wildman–Crippen LogP) is 4.12. The summed E-state index contributed by atoms with van der Waals surface area (Å²) < 4.78 is 0.892. The first-order valence-electron chi connectivity index (χ1n) is 13.2. The van der Waals surface area contributed by atoms with Gasteiger partial charge in [0.1, 0.15) is 11.9 Å². The SMILES string of the molecule is N#Cc1cc(-c2cc[n+]([O-])c3ccccc23)c(C2CC2)nc1N1CCN(C(=O)C2CC2)[C@H](C2CC2)C1. The maximum Gasteiger partial charge on any atom is 0.226 e. The van der Waals surface area contributed by atoms with E-state index in [0.717, 1.165) is 65.0 Å². The Labute approximate surface area is 210 Å². The number of piperazine rings is 1. The first-order valence-corrected chi connectivity index (χ1v) is 13.2. The van der Waals surface area contributed by atoms with Crippen molar-refractivity contribution in [2.45, 2.75) is 50.5 Å². The molecule has 1 aromatic carbocycles. The van der Waals surface area contributed by atoms with Crippen molar-refractivity contribution in [3.05, 3.63) is 59.1 Å². The molecule has 0 N–H and O–H groups in total. The zero-order chi connectivity index (χ0) is 24.4. The van der Waals surface area contributed by atoms with Crippen LogP contribution in [0.1, 0.15) is 55.7 Å². The van der Waals surface area contributed by atoms with Gasteiger partial charge in [-0.15, -0.1) is 0 Å². The molecule has 0 radical (unpaired) electrons. The first kappa shape index (κ1) is 21.6. The molecular weight excluding hydrogens is 450 g/mol. The minimum absolute atomic E-state index is 0.217. The van der Waals surface area contributed by atoms with Gasteiger partial charge in [-0.25, -0.2) is 4.98 Å². The Kier molecular flexibility index (Phi) is 4.92. The molecule has 1 atom stereocenters. The first-order chi connectivity index (χ1) is 17.6. The number of nitrogens with zero attached hydrogens (tertiary/aromatic N) is 5. The molecule has 0 bridgehead atoms. The number of pyridine rings is 2. The van der Waals surface area contributed by atoms with E-state index >= 15 is 0 Å². The molecule has 1 saturated heterocycles. The van der Waals surface area contributed by atoms with Crippen molar-refractivity contribution >= 4 is 22.6 Å². The molecular formula is C29H29N5O2. The number of nitriles is 1.